The van der Waals surface area contributed by atoms with Crippen LogP contribution in [0.15, 0.2) is 24.4 Å². The van der Waals surface area contributed by atoms with Gasteiger partial charge in [0, 0.05) is 30.9 Å². The summed E-state index contributed by atoms with van der Waals surface area (Å²) < 4.78 is 0. The molecule has 1 unspecified atom stereocenters. The molecule has 2 fully saturated rings. The fourth-order valence-electron chi connectivity index (χ4n) is 3.53. The first-order valence-corrected chi connectivity index (χ1v) is 8.61. The number of pyridine rings is 1. The van der Waals surface area contributed by atoms with E-state index in [0.29, 0.717) is 6.04 Å². The molecule has 3 nitrogen and oxygen atoms in total. The third-order valence-electron chi connectivity index (χ3n) is 5.07. The molecule has 3 heteroatoms. The Hall–Kier alpha value is -0.930. The molecule has 0 saturated heterocycles. The molecule has 0 bridgehead atoms. The molecular formula is C18H28N2O. The zero-order valence-electron chi connectivity index (χ0n) is 12.9. The highest BCUT2D eigenvalue weighted by atomic mass is 16.3. The highest BCUT2D eigenvalue weighted by Crippen LogP contribution is 2.34. The SMILES string of the molecule is OC1(CNC(Cc2ccccn2)C2CC2)CCCCCC1. The summed E-state index contributed by atoms with van der Waals surface area (Å²) in [5.41, 5.74) is 0.683. The maximum absolute atomic E-state index is 10.8. The van der Waals surface area contributed by atoms with Gasteiger partial charge in [-0.3, -0.25) is 4.98 Å². The second-order valence-corrected chi connectivity index (χ2v) is 6.99. The summed E-state index contributed by atoms with van der Waals surface area (Å²) in [6.45, 7) is 0.751. The number of aromatic nitrogens is 1. The van der Waals surface area contributed by atoms with E-state index in [-0.39, 0.29) is 0 Å². The summed E-state index contributed by atoms with van der Waals surface area (Å²) in [4.78, 5) is 4.45. The predicted octanol–water partition coefficient (Wildman–Crippen LogP) is 3.08. The van der Waals surface area contributed by atoms with Gasteiger partial charge in [0.15, 0.2) is 0 Å². The lowest BCUT2D eigenvalue weighted by Crippen LogP contribution is -2.45. The van der Waals surface area contributed by atoms with Crippen LogP contribution in [0, 0.1) is 5.92 Å². The van der Waals surface area contributed by atoms with Crippen molar-refractivity contribution in [1.82, 2.24) is 10.3 Å². The average molecular weight is 288 g/mol. The van der Waals surface area contributed by atoms with E-state index in [1.165, 1.54) is 38.5 Å². The fourth-order valence-corrected chi connectivity index (χ4v) is 3.53. The van der Waals surface area contributed by atoms with E-state index in [1.807, 2.05) is 12.3 Å². The van der Waals surface area contributed by atoms with Gasteiger partial charge in [-0.25, -0.2) is 0 Å². The third kappa shape index (κ3) is 4.52. The van der Waals surface area contributed by atoms with Crippen LogP contribution in [-0.4, -0.2) is 28.3 Å². The van der Waals surface area contributed by atoms with Crippen LogP contribution in [0.1, 0.15) is 57.1 Å². The predicted molar refractivity (Wildman–Crippen MR) is 85.1 cm³/mol. The standard InChI is InChI=1S/C18H28N2O/c21-18(10-4-1-2-5-11-18)14-20-17(15-8-9-15)13-16-7-3-6-12-19-16/h3,6-7,12,15,17,20-21H,1-2,4-5,8-11,13-14H2. The smallest absolute Gasteiger partial charge is 0.0771 e. The number of hydrogen-bond acceptors (Lipinski definition) is 3. The van der Waals surface area contributed by atoms with Crippen LogP contribution in [0.4, 0.5) is 0 Å². The first-order chi connectivity index (χ1) is 10.3. The van der Waals surface area contributed by atoms with Crippen molar-refractivity contribution in [3.63, 3.8) is 0 Å². The van der Waals surface area contributed by atoms with Crippen molar-refractivity contribution in [3.8, 4) is 0 Å². The van der Waals surface area contributed by atoms with Crippen molar-refractivity contribution < 1.29 is 5.11 Å². The van der Waals surface area contributed by atoms with Gasteiger partial charge < -0.3 is 10.4 Å². The van der Waals surface area contributed by atoms with E-state index < -0.39 is 5.60 Å². The molecule has 0 aliphatic heterocycles. The lowest BCUT2D eigenvalue weighted by Gasteiger charge is -2.30. The van der Waals surface area contributed by atoms with Crippen molar-refractivity contribution in [2.24, 2.45) is 5.92 Å². The quantitative estimate of drug-likeness (QED) is 0.791. The van der Waals surface area contributed by atoms with Crippen LogP contribution in [0.3, 0.4) is 0 Å². The summed E-state index contributed by atoms with van der Waals surface area (Å²) in [7, 11) is 0. The molecule has 2 aliphatic carbocycles. The average Bonchev–Trinajstić information content (AvgIpc) is 3.33. The molecule has 1 aromatic heterocycles. The van der Waals surface area contributed by atoms with Gasteiger partial charge in [0.2, 0.25) is 0 Å². The van der Waals surface area contributed by atoms with E-state index >= 15 is 0 Å². The lowest BCUT2D eigenvalue weighted by molar-refractivity contribution is 0.0220. The first kappa shape index (κ1) is 15.0. The van der Waals surface area contributed by atoms with Gasteiger partial charge in [-0.1, -0.05) is 31.7 Å². The highest BCUT2D eigenvalue weighted by molar-refractivity contribution is 5.07. The molecular weight excluding hydrogens is 260 g/mol. The molecule has 1 atom stereocenters. The second-order valence-electron chi connectivity index (χ2n) is 6.99. The van der Waals surface area contributed by atoms with E-state index in [9.17, 15) is 5.11 Å². The molecule has 1 aromatic rings. The minimum Gasteiger partial charge on any atom is -0.389 e. The summed E-state index contributed by atoms with van der Waals surface area (Å²) in [6.07, 6.45) is 12.3. The molecule has 2 saturated carbocycles. The molecule has 1 heterocycles. The molecule has 0 radical (unpaired) electrons. The van der Waals surface area contributed by atoms with Gasteiger partial charge >= 0.3 is 0 Å². The van der Waals surface area contributed by atoms with Crippen molar-refractivity contribution in [1.29, 1.82) is 0 Å². The fraction of sp³-hybridized carbons (Fsp3) is 0.722. The van der Waals surface area contributed by atoms with E-state index in [0.717, 1.165) is 37.4 Å². The van der Waals surface area contributed by atoms with Gasteiger partial charge in [-0.2, -0.15) is 0 Å². The lowest BCUT2D eigenvalue weighted by atomic mass is 9.93. The molecule has 21 heavy (non-hydrogen) atoms. The van der Waals surface area contributed by atoms with Crippen molar-refractivity contribution in [2.45, 2.75) is 69.4 Å². The summed E-state index contributed by atoms with van der Waals surface area (Å²) in [5.74, 6) is 0.779. The normalized spacial score (nSPS) is 23.5. The Balaban J connectivity index is 1.55. The van der Waals surface area contributed by atoms with E-state index in [1.54, 1.807) is 0 Å². The molecule has 3 rings (SSSR count). The number of nitrogens with zero attached hydrogens (tertiary/aromatic N) is 1. The number of nitrogens with one attached hydrogen (secondary N) is 1. The molecule has 2 N–H and O–H groups in total. The maximum atomic E-state index is 10.8. The Morgan fingerprint density at radius 2 is 1.95 bits per heavy atom. The van der Waals surface area contributed by atoms with Crippen LogP contribution in [-0.2, 0) is 6.42 Å². The maximum Gasteiger partial charge on any atom is 0.0771 e. The topological polar surface area (TPSA) is 45.1 Å². The van der Waals surface area contributed by atoms with Crippen LogP contribution in [0.5, 0.6) is 0 Å². The van der Waals surface area contributed by atoms with Gasteiger partial charge in [0.1, 0.15) is 0 Å². The molecule has 0 aromatic carbocycles. The summed E-state index contributed by atoms with van der Waals surface area (Å²) in [5, 5.41) is 14.5. The van der Waals surface area contributed by atoms with E-state index in [2.05, 4.69) is 22.4 Å². The van der Waals surface area contributed by atoms with E-state index in [4.69, 9.17) is 0 Å². The number of hydrogen-bond donors (Lipinski definition) is 2. The zero-order valence-corrected chi connectivity index (χ0v) is 12.9. The van der Waals surface area contributed by atoms with Crippen LogP contribution < -0.4 is 5.32 Å². The largest absolute Gasteiger partial charge is 0.389 e. The third-order valence-corrected chi connectivity index (χ3v) is 5.07. The first-order valence-electron chi connectivity index (χ1n) is 8.61. The monoisotopic (exact) mass is 288 g/mol. The Bertz CT molecular complexity index is 422. The second kappa shape index (κ2) is 6.89. The van der Waals surface area contributed by atoms with Crippen molar-refractivity contribution in [2.75, 3.05) is 6.54 Å². The van der Waals surface area contributed by atoms with Crippen LogP contribution >= 0.6 is 0 Å². The number of aliphatic hydroxyl groups is 1. The minimum atomic E-state index is -0.478. The Morgan fingerprint density at radius 3 is 2.57 bits per heavy atom. The Morgan fingerprint density at radius 1 is 1.19 bits per heavy atom. The van der Waals surface area contributed by atoms with Crippen molar-refractivity contribution in [3.05, 3.63) is 30.1 Å². The molecule has 0 amide bonds. The highest BCUT2D eigenvalue weighted by Gasteiger charge is 2.34. The van der Waals surface area contributed by atoms with Crippen LogP contribution in [0.25, 0.3) is 0 Å². The summed E-state index contributed by atoms with van der Waals surface area (Å²) >= 11 is 0. The van der Waals surface area contributed by atoms with Gasteiger partial charge in [-0.15, -0.1) is 0 Å². The van der Waals surface area contributed by atoms with Gasteiger partial charge in [-0.05, 0) is 43.7 Å². The summed E-state index contributed by atoms with van der Waals surface area (Å²) in [6, 6.07) is 6.62. The molecule has 0 spiro atoms. The minimum absolute atomic E-state index is 0.478. The van der Waals surface area contributed by atoms with Gasteiger partial charge in [0.25, 0.3) is 0 Å². The Kier molecular flexibility index (Phi) is 4.91. The zero-order chi connectivity index (χ0) is 14.5. The number of rotatable bonds is 6. The molecule has 116 valence electrons. The van der Waals surface area contributed by atoms with Crippen molar-refractivity contribution >= 4 is 0 Å². The molecule has 2 aliphatic rings. The Labute approximate surface area is 128 Å². The van der Waals surface area contributed by atoms with Gasteiger partial charge in [0.05, 0.1) is 5.60 Å². The van der Waals surface area contributed by atoms with Crippen LogP contribution in [0.2, 0.25) is 0 Å².